The molecule has 0 saturated carbocycles. The zero-order chi connectivity index (χ0) is 32.4. The maximum atomic E-state index is 8.90. The summed E-state index contributed by atoms with van der Waals surface area (Å²) >= 11 is 0. The molecule has 5 aromatic rings. The molecule has 0 N–H and O–H groups in total. The summed E-state index contributed by atoms with van der Waals surface area (Å²) in [5.74, 6) is -3.21. The molecular weight excluding hydrogens is 414 g/mol. The largest absolute Gasteiger partial charge is 0.455 e. The standard InChI is InChI=1S/C32H32NO/c1-18(2)24-16-26(33(7)17-20(24)4)28-19(3)12-13-23-29-27(34-31(23)28)15-14-22-21-10-8-9-11-25(21)32(5,6)30(22)29/h8-18H,1-7H3/q+1/i1D3,2D3,4D3,18D. The summed E-state index contributed by atoms with van der Waals surface area (Å²) in [5, 5.41) is 1.77. The molecule has 0 fully saturated rings. The second-order valence-corrected chi connectivity index (χ2v) is 9.74. The smallest absolute Gasteiger partial charge is 0.216 e. The molecular formula is C32H32NO+. The quantitative estimate of drug-likeness (QED) is 0.245. The Balaban J connectivity index is 1.72. The molecule has 2 heteroatoms. The van der Waals surface area contributed by atoms with Gasteiger partial charge in [0.15, 0.2) is 6.20 Å². The Hall–Kier alpha value is -3.39. The van der Waals surface area contributed by atoms with Gasteiger partial charge < -0.3 is 4.42 Å². The summed E-state index contributed by atoms with van der Waals surface area (Å²) < 4.78 is 90.0. The number of pyridine rings is 1. The van der Waals surface area contributed by atoms with E-state index in [1.54, 1.807) is 7.05 Å². The molecule has 1 aliphatic carbocycles. The Morgan fingerprint density at radius 1 is 1.00 bits per heavy atom. The lowest BCUT2D eigenvalue weighted by molar-refractivity contribution is -0.660. The van der Waals surface area contributed by atoms with Crippen LogP contribution in [-0.4, -0.2) is 0 Å². The van der Waals surface area contributed by atoms with E-state index in [1.807, 2.05) is 37.3 Å². The van der Waals surface area contributed by atoms with Crippen molar-refractivity contribution >= 4 is 21.9 Å². The van der Waals surface area contributed by atoms with Crippen molar-refractivity contribution in [3.63, 3.8) is 0 Å². The summed E-state index contributed by atoms with van der Waals surface area (Å²) in [6.45, 7) is -3.39. The van der Waals surface area contributed by atoms with Crippen LogP contribution >= 0.6 is 0 Å². The number of nitrogens with zero attached hydrogens (tertiary/aromatic N) is 1. The molecule has 2 nitrogen and oxygen atoms in total. The molecule has 0 bridgehead atoms. The summed E-state index contributed by atoms with van der Waals surface area (Å²) in [7, 11) is 1.61. The summed E-state index contributed by atoms with van der Waals surface area (Å²) in [6, 6.07) is 17.4. The molecule has 2 aromatic heterocycles. The number of hydrogen-bond acceptors (Lipinski definition) is 1. The molecule has 0 spiro atoms. The zero-order valence-electron chi connectivity index (χ0n) is 29.6. The maximum absolute atomic E-state index is 8.90. The molecule has 0 saturated heterocycles. The van der Waals surface area contributed by atoms with Crippen molar-refractivity contribution < 1.29 is 22.7 Å². The van der Waals surface area contributed by atoms with Gasteiger partial charge in [-0.3, -0.25) is 0 Å². The van der Waals surface area contributed by atoms with Gasteiger partial charge in [-0.1, -0.05) is 70.0 Å². The van der Waals surface area contributed by atoms with E-state index in [0.717, 1.165) is 33.0 Å². The first-order valence-corrected chi connectivity index (χ1v) is 11.4. The summed E-state index contributed by atoms with van der Waals surface area (Å²) in [5.41, 5.74) is 6.00. The number of furan rings is 1. The highest BCUT2D eigenvalue weighted by Crippen LogP contribution is 2.53. The Kier molecular flexibility index (Phi) is 2.68. The molecule has 2 heterocycles. The van der Waals surface area contributed by atoms with E-state index in [-0.39, 0.29) is 5.41 Å². The predicted octanol–water partition coefficient (Wildman–Crippen LogP) is 8.12. The lowest BCUT2D eigenvalue weighted by Crippen LogP contribution is -2.32. The van der Waals surface area contributed by atoms with Gasteiger partial charge in [-0.15, -0.1) is 0 Å². The van der Waals surface area contributed by atoms with Gasteiger partial charge in [-0.25, -0.2) is 4.57 Å². The van der Waals surface area contributed by atoms with Crippen molar-refractivity contribution in [1.29, 1.82) is 0 Å². The Morgan fingerprint density at radius 2 is 1.82 bits per heavy atom. The third kappa shape index (κ3) is 2.72. The number of benzene rings is 3. The molecule has 6 rings (SSSR count). The van der Waals surface area contributed by atoms with Crippen LogP contribution in [0.1, 0.15) is 75.0 Å². The van der Waals surface area contributed by atoms with Gasteiger partial charge in [0.1, 0.15) is 18.2 Å². The Labute approximate surface area is 215 Å². The van der Waals surface area contributed by atoms with Crippen LogP contribution in [0.2, 0.25) is 0 Å². The minimum atomic E-state index is -3.36. The van der Waals surface area contributed by atoms with Crippen molar-refractivity contribution in [3.05, 3.63) is 88.6 Å². The third-order valence-corrected chi connectivity index (χ3v) is 7.33. The number of aromatic nitrogens is 1. The van der Waals surface area contributed by atoms with E-state index in [4.69, 9.17) is 18.1 Å². The minimum absolute atomic E-state index is 0.323. The average molecular weight is 457 g/mol. The van der Waals surface area contributed by atoms with Gasteiger partial charge in [0.05, 0.1) is 5.56 Å². The first-order valence-electron chi connectivity index (χ1n) is 16.4. The van der Waals surface area contributed by atoms with Gasteiger partial charge in [0.2, 0.25) is 5.69 Å². The minimum Gasteiger partial charge on any atom is -0.455 e. The lowest BCUT2D eigenvalue weighted by atomic mass is 9.80. The topological polar surface area (TPSA) is 17.0 Å². The van der Waals surface area contributed by atoms with Crippen LogP contribution in [0.3, 0.4) is 0 Å². The van der Waals surface area contributed by atoms with Gasteiger partial charge in [0, 0.05) is 41.5 Å². The van der Waals surface area contributed by atoms with Crippen LogP contribution in [-0.2, 0) is 12.5 Å². The van der Waals surface area contributed by atoms with Crippen LogP contribution in [0.4, 0.5) is 0 Å². The highest BCUT2D eigenvalue weighted by atomic mass is 16.3. The van der Waals surface area contributed by atoms with E-state index in [2.05, 4.69) is 32.0 Å². The second kappa shape index (κ2) is 7.06. The fraction of sp³-hybridized carbons (Fsp3) is 0.281. The van der Waals surface area contributed by atoms with Crippen molar-refractivity contribution in [2.75, 3.05) is 0 Å². The number of aryl methyl sites for hydroxylation is 3. The van der Waals surface area contributed by atoms with Gasteiger partial charge >= 0.3 is 0 Å². The van der Waals surface area contributed by atoms with Gasteiger partial charge in [-0.05, 0) is 59.1 Å². The summed E-state index contributed by atoms with van der Waals surface area (Å²) in [6.07, 6.45) is 1.22. The van der Waals surface area contributed by atoms with Crippen molar-refractivity contribution in [2.45, 2.75) is 52.6 Å². The van der Waals surface area contributed by atoms with E-state index in [9.17, 15) is 0 Å². The van der Waals surface area contributed by atoms with Crippen molar-refractivity contribution in [3.8, 4) is 22.4 Å². The van der Waals surface area contributed by atoms with E-state index >= 15 is 0 Å². The third-order valence-electron chi connectivity index (χ3n) is 7.33. The van der Waals surface area contributed by atoms with Crippen LogP contribution in [0, 0.1) is 13.8 Å². The first kappa shape index (κ1) is 12.9. The molecule has 1 aliphatic rings. The molecule has 34 heavy (non-hydrogen) atoms. The van der Waals surface area contributed by atoms with Gasteiger partial charge in [0.25, 0.3) is 0 Å². The van der Waals surface area contributed by atoms with Crippen LogP contribution in [0.25, 0.3) is 44.3 Å². The lowest BCUT2D eigenvalue weighted by Gasteiger charge is -2.22. The fourth-order valence-corrected chi connectivity index (χ4v) is 5.72. The Bertz CT molecular complexity index is 1980. The van der Waals surface area contributed by atoms with E-state index < -0.39 is 37.6 Å². The van der Waals surface area contributed by atoms with Crippen LogP contribution < -0.4 is 4.57 Å². The first-order chi connectivity index (χ1) is 20.2. The molecule has 0 aliphatic heterocycles. The molecule has 0 unspecified atom stereocenters. The monoisotopic (exact) mass is 456 g/mol. The number of fused-ring (bicyclic) bond motifs is 7. The predicted molar refractivity (Wildman–Crippen MR) is 141 cm³/mol. The van der Waals surface area contributed by atoms with E-state index in [1.165, 1.54) is 22.4 Å². The highest BCUT2D eigenvalue weighted by Gasteiger charge is 2.38. The molecule has 0 atom stereocenters. The fourth-order valence-electron chi connectivity index (χ4n) is 5.72. The molecule has 0 radical (unpaired) electrons. The second-order valence-electron chi connectivity index (χ2n) is 9.74. The number of hydrogen-bond donors (Lipinski definition) is 0. The summed E-state index contributed by atoms with van der Waals surface area (Å²) in [4.78, 5) is 0. The molecule has 0 amide bonds. The zero-order valence-corrected chi connectivity index (χ0v) is 19.6. The SMILES string of the molecule is [2H]C([2H])([2H])c1c[n+](C)c(-c2c(C)ccc3c2oc2ccc4c(c23)C(C)(C)c2ccccc2-4)cc1C([2H])(C([2H])([2H])[2H])C([2H])([2H])[2H]. The van der Waals surface area contributed by atoms with Crippen LogP contribution in [0.5, 0.6) is 0 Å². The Morgan fingerprint density at radius 3 is 2.62 bits per heavy atom. The van der Waals surface area contributed by atoms with Gasteiger partial charge in [-0.2, -0.15) is 0 Å². The van der Waals surface area contributed by atoms with E-state index in [0.29, 0.717) is 22.4 Å². The normalized spacial score (nSPS) is 20.0. The molecule has 170 valence electrons. The average Bonchev–Trinajstić information content (AvgIpc) is 3.39. The maximum Gasteiger partial charge on any atom is 0.216 e. The van der Waals surface area contributed by atoms with Crippen molar-refractivity contribution in [1.82, 2.24) is 0 Å². The van der Waals surface area contributed by atoms with Crippen LogP contribution in [0.15, 0.2) is 65.2 Å². The highest BCUT2D eigenvalue weighted by molar-refractivity contribution is 6.14. The van der Waals surface area contributed by atoms with Crippen molar-refractivity contribution in [2.24, 2.45) is 7.05 Å². The molecule has 3 aromatic carbocycles. The number of rotatable bonds is 2.